The molecule has 0 bridgehead atoms. The predicted molar refractivity (Wildman–Crippen MR) is 52.3 cm³/mol. The molecule has 0 spiro atoms. The van der Waals surface area contributed by atoms with Crippen LogP contribution in [0.4, 0.5) is 11.5 Å². The summed E-state index contributed by atoms with van der Waals surface area (Å²) in [4.78, 5) is 14.3. The Morgan fingerprint density at radius 2 is 2.36 bits per heavy atom. The van der Waals surface area contributed by atoms with Gasteiger partial charge in [-0.2, -0.15) is 0 Å². The second-order valence-electron chi connectivity index (χ2n) is 3.56. The first-order valence-corrected chi connectivity index (χ1v) is 4.54. The largest absolute Gasteiger partial charge is 0.362 e. The lowest BCUT2D eigenvalue weighted by Gasteiger charge is -2.04. The minimum atomic E-state index is -0.398. The van der Waals surface area contributed by atoms with E-state index in [2.05, 4.69) is 10.3 Å². The lowest BCUT2D eigenvalue weighted by atomic mass is 10.3. The number of aromatic nitrogens is 1. The second-order valence-corrected chi connectivity index (χ2v) is 3.56. The van der Waals surface area contributed by atoms with Gasteiger partial charge in [0, 0.05) is 18.3 Å². The van der Waals surface area contributed by atoms with E-state index in [0.29, 0.717) is 11.9 Å². The van der Waals surface area contributed by atoms with E-state index < -0.39 is 4.92 Å². The first kappa shape index (κ1) is 8.93. The molecule has 0 saturated heterocycles. The molecule has 0 unspecified atom stereocenters. The van der Waals surface area contributed by atoms with Gasteiger partial charge < -0.3 is 5.32 Å². The molecule has 1 aromatic rings. The van der Waals surface area contributed by atoms with Crippen LogP contribution >= 0.6 is 0 Å². The van der Waals surface area contributed by atoms with Gasteiger partial charge in [-0.15, -0.1) is 0 Å². The fraction of sp³-hybridized carbons (Fsp3) is 0.444. The second kappa shape index (κ2) is 3.25. The molecule has 2 rings (SSSR count). The Morgan fingerprint density at radius 1 is 1.64 bits per heavy atom. The molecule has 14 heavy (non-hydrogen) atoms. The monoisotopic (exact) mass is 193 g/mol. The lowest BCUT2D eigenvalue weighted by molar-refractivity contribution is -0.384. The quantitative estimate of drug-likeness (QED) is 0.587. The average Bonchev–Trinajstić information content (AvgIpc) is 2.91. The minimum absolute atomic E-state index is 0.0666. The molecule has 1 aromatic heterocycles. The van der Waals surface area contributed by atoms with Crippen LogP contribution in [0.25, 0.3) is 0 Å². The zero-order valence-corrected chi connectivity index (χ0v) is 7.86. The molecule has 0 aliphatic heterocycles. The first-order chi connectivity index (χ1) is 6.66. The van der Waals surface area contributed by atoms with E-state index in [-0.39, 0.29) is 5.69 Å². The van der Waals surface area contributed by atoms with Gasteiger partial charge in [0.05, 0.1) is 4.92 Å². The molecular formula is C9H11N3O2. The first-order valence-electron chi connectivity index (χ1n) is 4.54. The van der Waals surface area contributed by atoms with Crippen molar-refractivity contribution in [3.8, 4) is 0 Å². The molecule has 1 N–H and O–H groups in total. The SMILES string of the molecule is Cc1cnc(NC2CC2)c([N+](=O)[O-])c1. The average molecular weight is 193 g/mol. The van der Waals surface area contributed by atoms with Crippen molar-refractivity contribution >= 4 is 11.5 Å². The molecule has 0 aromatic carbocycles. The van der Waals surface area contributed by atoms with Gasteiger partial charge in [0.2, 0.25) is 5.82 Å². The van der Waals surface area contributed by atoms with Crippen LogP contribution in [-0.4, -0.2) is 15.9 Å². The van der Waals surface area contributed by atoms with Crippen LogP contribution in [0.5, 0.6) is 0 Å². The molecule has 1 heterocycles. The Bertz CT molecular complexity index is 374. The van der Waals surface area contributed by atoms with Crippen molar-refractivity contribution in [3.63, 3.8) is 0 Å². The molecule has 0 atom stereocenters. The van der Waals surface area contributed by atoms with Gasteiger partial charge in [0.25, 0.3) is 0 Å². The number of nitrogens with zero attached hydrogens (tertiary/aromatic N) is 2. The van der Waals surface area contributed by atoms with Crippen molar-refractivity contribution in [1.29, 1.82) is 0 Å². The third kappa shape index (κ3) is 1.81. The Morgan fingerprint density at radius 3 is 2.93 bits per heavy atom. The molecule has 0 amide bonds. The number of hydrogen-bond acceptors (Lipinski definition) is 4. The van der Waals surface area contributed by atoms with E-state index in [1.807, 2.05) is 0 Å². The standard InChI is InChI=1S/C9H11N3O2/c1-6-4-8(12(13)14)9(10-5-6)11-7-2-3-7/h4-5,7H,2-3H2,1H3,(H,10,11). The number of nitro groups is 1. The van der Waals surface area contributed by atoms with Gasteiger partial charge in [-0.1, -0.05) is 0 Å². The summed E-state index contributed by atoms with van der Waals surface area (Å²) in [5.74, 6) is 0.392. The highest BCUT2D eigenvalue weighted by Crippen LogP contribution is 2.29. The van der Waals surface area contributed by atoms with Crippen LogP contribution in [0.3, 0.4) is 0 Å². The zero-order valence-electron chi connectivity index (χ0n) is 7.86. The van der Waals surface area contributed by atoms with E-state index in [1.165, 1.54) is 6.07 Å². The predicted octanol–water partition coefficient (Wildman–Crippen LogP) is 1.87. The highest BCUT2D eigenvalue weighted by Gasteiger charge is 2.25. The highest BCUT2D eigenvalue weighted by atomic mass is 16.6. The molecule has 74 valence electrons. The smallest absolute Gasteiger partial charge is 0.311 e. The van der Waals surface area contributed by atoms with E-state index in [0.717, 1.165) is 18.4 Å². The van der Waals surface area contributed by atoms with Crippen molar-refractivity contribution in [2.45, 2.75) is 25.8 Å². The third-order valence-corrected chi connectivity index (χ3v) is 2.12. The maximum atomic E-state index is 10.7. The van der Waals surface area contributed by atoms with Gasteiger partial charge in [0.15, 0.2) is 0 Å². The van der Waals surface area contributed by atoms with Gasteiger partial charge >= 0.3 is 5.69 Å². The highest BCUT2D eigenvalue weighted by molar-refractivity contribution is 5.57. The fourth-order valence-corrected chi connectivity index (χ4v) is 1.23. The maximum absolute atomic E-state index is 10.7. The fourth-order valence-electron chi connectivity index (χ4n) is 1.23. The van der Waals surface area contributed by atoms with Crippen LogP contribution in [0.2, 0.25) is 0 Å². The van der Waals surface area contributed by atoms with Crippen molar-refractivity contribution in [2.24, 2.45) is 0 Å². The van der Waals surface area contributed by atoms with Crippen molar-refractivity contribution < 1.29 is 4.92 Å². The van der Waals surface area contributed by atoms with Gasteiger partial charge in [-0.05, 0) is 25.3 Å². The summed E-state index contributed by atoms with van der Waals surface area (Å²) in [6.45, 7) is 1.79. The molecule has 5 nitrogen and oxygen atoms in total. The third-order valence-electron chi connectivity index (χ3n) is 2.12. The summed E-state index contributed by atoms with van der Waals surface area (Å²) in [6, 6.07) is 1.92. The molecule has 1 aliphatic rings. The summed E-state index contributed by atoms with van der Waals surface area (Å²) in [5, 5.41) is 13.7. The van der Waals surface area contributed by atoms with E-state index in [1.54, 1.807) is 13.1 Å². The van der Waals surface area contributed by atoms with Crippen LogP contribution in [0, 0.1) is 17.0 Å². The number of aryl methyl sites for hydroxylation is 1. The van der Waals surface area contributed by atoms with Crippen molar-refractivity contribution in [1.82, 2.24) is 4.98 Å². The lowest BCUT2D eigenvalue weighted by Crippen LogP contribution is -2.06. The number of nitrogens with one attached hydrogen (secondary N) is 1. The Hall–Kier alpha value is -1.65. The van der Waals surface area contributed by atoms with E-state index >= 15 is 0 Å². The van der Waals surface area contributed by atoms with Crippen LogP contribution < -0.4 is 5.32 Å². The summed E-state index contributed by atoms with van der Waals surface area (Å²) in [7, 11) is 0. The van der Waals surface area contributed by atoms with Crippen molar-refractivity contribution in [3.05, 3.63) is 27.9 Å². The van der Waals surface area contributed by atoms with Gasteiger partial charge in [0.1, 0.15) is 0 Å². The number of rotatable bonds is 3. The molecule has 1 saturated carbocycles. The summed E-state index contributed by atoms with van der Waals surface area (Å²) >= 11 is 0. The normalized spacial score (nSPS) is 15.2. The number of anilines is 1. The number of pyridine rings is 1. The topological polar surface area (TPSA) is 68.1 Å². The van der Waals surface area contributed by atoms with Crippen LogP contribution in [0.15, 0.2) is 12.3 Å². The van der Waals surface area contributed by atoms with Gasteiger partial charge in [-0.3, -0.25) is 10.1 Å². The Kier molecular flexibility index (Phi) is 2.07. The van der Waals surface area contributed by atoms with Gasteiger partial charge in [-0.25, -0.2) is 4.98 Å². The molecule has 5 heteroatoms. The van der Waals surface area contributed by atoms with E-state index in [4.69, 9.17) is 0 Å². The molecule has 0 radical (unpaired) electrons. The number of hydrogen-bond donors (Lipinski definition) is 1. The minimum Gasteiger partial charge on any atom is -0.362 e. The Labute approximate surface area is 81.3 Å². The summed E-state index contributed by atoms with van der Waals surface area (Å²) < 4.78 is 0. The summed E-state index contributed by atoms with van der Waals surface area (Å²) in [5.41, 5.74) is 0.870. The van der Waals surface area contributed by atoms with Crippen LogP contribution in [0.1, 0.15) is 18.4 Å². The zero-order chi connectivity index (χ0) is 10.1. The molecule has 1 aliphatic carbocycles. The molecule has 1 fully saturated rings. The van der Waals surface area contributed by atoms with Crippen molar-refractivity contribution in [2.75, 3.05) is 5.32 Å². The van der Waals surface area contributed by atoms with E-state index in [9.17, 15) is 10.1 Å². The Balaban J connectivity index is 2.31. The van der Waals surface area contributed by atoms with Crippen LogP contribution in [-0.2, 0) is 0 Å². The maximum Gasteiger partial charge on any atom is 0.311 e. The summed E-state index contributed by atoms with van der Waals surface area (Å²) in [6.07, 6.45) is 3.79. The molecular weight excluding hydrogens is 182 g/mol.